The Bertz CT molecular complexity index is 1250. The minimum Gasteiger partial charge on any atom is -0.481 e. The van der Waals surface area contributed by atoms with Crippen molar-refractivity contribution in [2.45, 2.75) is 18.9 Å². The molecular formula is C21H22N6O2. The standard InChI is InChI=1S/C21H22N6O2/c1-26-18-12-24-17-11-23-16(13-3-4-19(29-2)25-10-13)9-15(17)20(18)27(21(26)28)14-5-7-22-8-6-14/h3-4,9-12,14,22H,5-8H2,1-2H3. The van der Waals surface area contributed by atoms with Crippen molar-refractivity contribution in [3.8, 4) is 17.1 Å². The first kappa shape index (κ1) is 17.8. The van der Waals surface area contributed by atoms with Crippen LogP contribution in [0.3, 0.4) is 0 Å². The Morgan fingerprint density at radius 2 is 1.93 bits per heavy atom. The van der Waals surface area contributed by atoms with E-state index < -0.39 is 0 Å². The molecule has 148 valence electrons. The van der Waals surface area contributed by atoms with E-state index in [4.69, 9.17) is 4.74 Å². The number of piperidine rings is 1. The summed E-state index contributed by atoms with van der Waals surface area (Å²) in [5.41, 5.74) is 4.22. The molecule has 0 amide bonds. The van der Waals surface area contributed by atoms with Gasteiger partial charge in [0.05, 0.1) is 41.7 Å². The van der Waals surface area contributed by atoms with Crippen LogP contribution in [0.1, 0.15) is 18.9 Å². The molecule has 1 fully saturated rings. The molecule has 0 saturated carbocycles. The Morgan fingerprint density at radius 1 is 1.10 bits per heavy atom. The highest BCUT2D eigenvalue weighted by Gasteiger charge is 2.23. The number of rotatable bonds is 3. The maximum absolute atomic E-state index is 13.1. The highest BCUT2D eigenvalue weighted by atomic mass is 16.5. The van der Waals surface area contributed by atoms with Gasteiger partial charge in [-0.1, -0.05) is 0 Å². The van der Waals surface area contributed by atoms with Crippen LogP contribution in [0.15, 0.2) is 41.6 Å². The number of methoxy groups -OCH3 is 1. The second kappa shape index (κ2) is 6.97. The molecule has 8 heteroatoms. The van der Waals surface area contributed by atoms with Gasteiger partial charge in [0.15, 0.2) is 0 Å². The Balaban J connectivity index is 1.75. The molecule has 0 aliphatic carbocycles. The van der Waals surface area contributed by atoms with Gasteiger partial charge in [-0.15, -0.1) is 0 Å². The van der Waals surface area contributed by atoms with Gasteiger partial charge in [0, 0.05) is 36.3 Å². The highest BCUT2D eigenvalue weighted by molar-refractivity contribution is 6.03. The second-order valence-corrected chi connectivity index (χ2v) is 7.36. The van der Waals surface area contributed by atoms with Crippen molar-refractivity contribution < 1.29 is 4.74 Å². The lowest BCUT2D eigenvalue weighted by molar-refractivity contribution is 0.366. The average molecular weight is 390 g/mol. The summed E-state index contributed by atoms with van der Waals surface area (Å²) in [7, 11) is 3.40. The van der Waals surface area contributed by atoms with Crippen LogP contribution in [0.2, 0.25) is 0 Å². The van der Waals surface area contributed by atoms with E-state index in [0.29, 0.717) is 5.88 Å². The zero-order chi connectivity index (χ0) is 20.0. The van der Waals surface area contributed by atoms with Crippen LogP contribution < -0.4 is 15.7 Å². The lowest BCUT2D eigenvalue weighted by Gasteiger charge is -2.24. The van der Waals surface area contributed by atoms with E-state index in [2.05, 4.69) is 20.3 Å². The number of aromatic nitrogens is 5. The fourth-order valence-electron chi connectivity index (χ4n) is 4.14. The van der Waals surface area contributed by atoms with Gasteiger partial charge in [-0.2, -0.15) is 0 Å². The summed E-state index contributed by atoms with van der Waals surface area (Å²) in [6.07, 6.45) is 7.14. The van der Waals surface area contributed by atoms with Crippen molar-refractivity contribution >= 4 is 21.9 Å². The quantitative estimate of drug-likeness (QED) is 0.578. The molecule has 0 unspecified atom stereocenters. The van der Waals surface area contributed by atoms with Crippen LogP contribution in [0.4, 0.5) is 0 Å². The van der Waals surface area contributed by atoms with Gasteiger partial charge in [0.25, 0.3) is 0 Å². The van der Waals surface area contributed by atoms with E-state index in [1.165, 1.54) is 0 Å². The smallest absolute Gasteiger partial charge is 0.329 e. The third-order valence-corrected chi connectivity index (χ3v) is 5.72. The van der Waals surface area contributed by atoms with Gasteiger partial charge in [-0.05, 0) is 38.1 Å². The van der Waals surface area contributed by atoms with E-state index in [0.717, 1.165) is 59.1 Å². The monoisotopic (exact) mass is 390 g/mol. The minimum atomic E-state index is 0.00526. The molecule has 1 aliphatic heterocycles. The fraction of sp³-hybridized carbons (Fsp3) is 0.333. The van der Waals surface area contributed by atoms with Gasteiger partial charge in [0.2, 0.25) is 5.88 Å². The molecule has 0 radical (unpaired) electrons. The zero-order valence-electron chi connectivity index (χ0n) is 16.4. The molecule has 0 spiro atoms. The van der Waals surface area contributed by atoms with Gasteiger partial charge in [0.1, 0.15) is 0 Å². The summed E-state index contributed by atoms with van der Waals surface area (Å²) in [4.78, 5) is 26.5. The molecule has 4 aromatic rings. The van der Waals surface area contributed by atoms with E-state index in [9.17, 15) is 4.79 Å². The van der Waals surface area contributed by atoms with Crippen LogP contribution in [-0.2, 0) is 7.05 Å². The number of aryl methyl sites for hydroxylation is 1. The van der Waals surface area contributed by atoms with Gasteiger partial charge < -0.3 is 10.1 Å². The third-order valence-electron chi connectivity index (χ3n) is 5.72. The molecule has 1 saturated heterocycles. The van der Waals surface area contributed by atoms with Crippen molar-refractivity contribution in [2.75, 3.05) is 20.2 Å². The summed E-state index contributed by atoms with van der Waals surface area (Å²) in [5, 5.41) is 4.30. The summed E-state index contributed by atoms with van der Waals surface area (Å²) >= 11 is 0. The molecule has 5 rings (SSSR count). The van der Waals surface area contributed by atoms with Crippen molar-refractivity contribution in [3.63, 3.8) is 0 Å². The van der Waals surface area contributed by atoms with Crippen molar-refractivity contribution in [3.05, 3.63) is 47.3 Å². The number of hydrogen-bond acceptors (Lipinski definition) is 6. The molecular weight excluding hydrogens is 368 g/mol. The third kappa shape index (κ3) is 2.87. The van der Waals surface area contributed by atoms with Crippen LogP contribution >= 0.6 is 0 Å². The van der Waals surface area contributed by atoms with E-state index in [1.807, 2.05) is 29.8 Å². The number of pyridine rings is 3. The number of nitrogens with one attached hydrogen (secondary N) is 1. The second-order valence-electron chi connectivity index (χ2n) is 7.36. The predicted octanol–water partition coefficient (Wildman–Crippen LogP) is 2.28. The first-order valence-corrected chi connectivity index (χ1v) is 9.74. The lowest BCUT2D eigenvalue weighted by atomic mass is 10.1. The number of ether oxygens (including phenoxy) is 1. The van der Waals surface area contributed by atoms with E-state index in [-0.39, 0.29) is 11.7 Å². The van der Waals surface area contributed by atoms with Crippen LogP contribution in [0, 0.1) is 0 Å². The fourth-order valence-corrected chi connectivity index (χ4v) is 4.14. The molecule has 0 atom stereocenters. The zero-order valence-corrected chi connectivity index (χ0v) is 16.4. The average Bonchev–Trinajstić information content (AvgIpc) is 3.04. The van der Waals surface area contributed by atoms with Crippen LogP contribution in [-0.4, -0.2) is 44.3 Å². The van der Waals surface area contributed by atoms with Crippen molar-refractivity contribution in [1.29, 1.82) is 0 Å². The number of nitrogens with zero attached hydrogens (tertiary/aromatic N) is 5. The molecule has 8 nitrogen and oxygen atoms in total. The van der Waals surface area contributed by atoms with Crippen molar-refractivity contribution in [1.82, 2.24) is 29.4 Å². The first-order valence-electron chi connectivity index (χ1n) is 9.74. The predicted molar refractivity (Wildman–Crippen MR) is 111 cm³/mol. The maximum atomic E-state index is 13.1. The Morgan fingerprint density at radius 3 is 2.66 bits per heavy atom. The summed E-state index contributed by atoms with van der Waals surface area (Å²) in [6.45, 7) is 1.83. The van der Waals surface area contributed by atoms with Crippen molar-refractivity contribution in [2.24, 2.45) is 7.05 Å². The summed E-state index contributed by atoms with van der Waals surface area (Å²) in [6, 6.07) is 5.93. The van der Waals surface area contributed by atoms with Crippen LogP contribution in [0.25, 0.3) is 33.2 Å². The number of imidazole rings is 1. The Hall–Kier alpha value is -3.26. The highest BCUT2D eigenvalue weighted by Crippen LogP contribution is 2.30. The summed E-state index contributed by atoms with van der Waals surface area (Å²) < 4.78 is 8.79. The SMILES string of the molecule is COc1ccc(-c2cc3c(cn2)ncc2c3n(C3CCNCC3)c(=O)n2C)cn1. The molecule has 0 aromatic carbocycles. The Labute approximate surface area is 167 Å². The minimum absolute atomic E-state index is 0.00526. The van der Waals surface area contributed by atoms with Gasteiger partial charge in [-0.25, -0.2) is 9.78 Å². The van der Waals surface area contributed by atoms with E-state index in [1.54, 1.807) is 30.3 Å². The van der Waals surface area contributed by atoms with Gasteiger partial charge >= 0.3 is 5.69 Å². The summed E-state index contributed by atoms with van der Waals surface area (Å²) in [5.74, 6) is 0.557. The van der Waals surface area contributed by atoms with Crippen LogP contribution in [0.5, 0.6) is 5.88 Å². The first-order chi connectivity index (χ1) is 14.2. The van der Waals surface area contributed by atoms with Gasteiger partial charge in [-0.3, -0.25) is 19.1 Å². The number of fused-ring (bicyclic) bond motifs is 3. The Kier molecular flexibility index (Phi) is 4.28. The molecule has 29 heavy (non-hydrogen) atoms. The molecule has 5 heterocycles. The topological polar surface area (TPSA) is 86.9 Å². The molecule has 0 bridgehead atoms. The maximum Gasteiger partial charge on any atom is 0.329 e. The van der Waals surface area contributed by atoms with E-state index >= 15 is 0 Å². The lowest BCUT2D eigenvalue weighted by Crippen LogP contribution is -2.34. The molecule has 4 aromatic heterocycles. The normalized spacial score (nSPS) is 15.2. The largest absolute Gasteiger partial charge is 0.481 e. The molecule has 1 aliphatic rings. The number of hydrogen-bond donors (Lipinski definition) is 1. The molecule has 1 N–H and O–H groups in total.